The van der Waals surface area contributed by atoms with E-state index in [0.717, 1.165) is 94.0 Å². The molecule has 4 aromatic heterocycles. The quantitative estimate of drug-likeness (QED) is 0.180. The Morgan fingerprint density at radius 3 is 0.880 bits per heavy atom. The Labute approximate surface area is 288 Å². The zero-order valence-electron chi connectivity index (χ0n) is 27.0. The molecule has 232 valence electrons. The average Bonchev–Trinajstić information content (AvgIpc) is 3.20. The fraction of sp³-hybridized carbons (Fsp3) is 0. The lowest BCUT2D eigenvalue weighted by Crippen LogP contribution is -1.92. The van der Waals surface area contributed by atoms with Crippen LogP contribution >= 0.6 is 0 Å². The van der Waals surface area contributed by atoms with Gasteiger partial charge in [0.1, 0.15) is 0 Å². The lowest BCUT2D eigenvalue weighted by Gasteiger charge is -2.10. The maximum absolute atomic E-state index is 5.21. The molecule has 0 bridgehead atoms. The Hall–Kier alpha value is -6.78. The molecule has 0 radical (unpaired) electrons. The van der Waals surface area contributed by atoms with Gasteiger partial charge in [-0.3, -0.25) is 0 Å². The highest BCUT2D eigenvalue weighted by atomic mass is 14.8. The van der Waals surface area contributed by atoms with Crippen LogP contribution in [0.3, 0.4) is 0 Å². The molecule has 0 unspecified atom stereocenters. The van der Waals surface area contributed by atoms with Crippen LogP contribution in [0.1, 0.15) is 0 Å². The molecule has 0 saturated carbocycles. The summed E-state index contributed by atoms with van der Waals surface area (Å²) in [5, 5.41) is 6.59. The van der Waals surface area contributed by atoms with E-state index in [4.69, 9.17) is 19.9 Å². The summed E-state index contributed by atoms with van der Waals surface area (Å²) in [5.41, 5.74) is 11.7. The molecule has 4 heteroatoms. The number of pyridine rings is 4. The zero-order valence-corrected chi connectivity index (χ0v) is 27.0. The minimum absolute atomic E-state index is 0.906. The first kappa shape index (κ1) is 28.3. The van der Waals surface area contributed by atoms with Crippen LogP contribution in [0.15, 0.2) is 170 Å². The largest absolute Gasteiger partial charge is 0.245 e. The average molecular weight is 637 g/mol. The third kappa shape index (κ3) is 4.85. The van der Waals surface area contributed by atoms with E-state index >= 15 is 0 Å². The summed E-state index contributed by atoms with van der Waals surface area (Å²) in [4.78, 5) is 20.6. The van der Waals surface area contributed by atoms with Gasteiger partial charge in [-0.05, 0) is 47.2 Å². The van der Waals surface area contributed by atoms with Gasteiger partial charge in [0.05, 0.1) is 44.8 Å². The van der Waals surface area contributed by atoms with Crippen molar-refractivity contribution in [1.29, 1.82) is 0 Å². The molecular weight excluding hydrogens is 609 g/mol. The number of hydrogen-bond acceptors (Lipinski definition) is 4. The van der Waals surface area contributed by atoms with Crippen molar-refractivity contribution in [1.82, 2.24) is 19.9 Å². The van der Waals surface area contributed by atoms with Gasteiger partial charge in [-0.2, -0.15) is 0 Å². The Morgan fingerprint density at radius 1 is 0.220 bits per heavy atom. The summed E-state index contributed by atoms with van der Waals surface area (Å²) in [6.07, 6.45) is 0. The van der Waals surface area contributed by atoms with Crippen molar-refractivity contribution in [3.63, 3.8) is 0 Å². The fourth-order valence-electron chi connectivity index (χ4n) is 6.96. The summed E-state index contributed by atoms with van der Waals surface area (Å²) in [7, 11) is 0. The van der Waals surface area contributed by atoms with Crippen molar-refractivity contribution >= 4 is 54.4 Å². The van der Waals surface area contributed by atoms with E-state index in [2.05, 4.69) is 133 Å². The third-order valence-electron chi connectivity index (χ3n) is 9.61. The van der Waals surface area contributed by atoms with E-state index in [1.165, 1.54) is 5.39 Å². The number of aromatic nitrogens is 4. The van der Waals surface area contributed by atoms with Crippen molar-refractivity contribution in [2.75, 3.05) is 0 Å². The van der Waals surface area contributed by atoms with Crippen LogP contribution in [0, 0.1) is 0 Å². The van der Waals surface area contributed by atoms with E-state index < -0.39 is 0 Å². The Kier molecular flexibility index (Phi) is 6.46. The predicted molar refractivity (Wildman–Crippen MR) is 207 cm³/mol. The minimum Gasteiger partial charge on any atom is -0.245 e. The van der Waals surface area contributed by atoms with Crippen molar-refractivity contribution < 1.29 is 0 Å². The second-order valence-corrected chi connectivity index (χ2v) is 12.7. The van der Waals surface area contributed by atoms with Crippen LogP contribution in [0.25, 0.3) is 99.4 Å². The van der Waals surface area contributed by atoms with E-state index in [-0.39, 0.29) is 0 Å². The highest BCUT2D eigenvalue weighted by Gasteiger charge is 2.12. The van der Waals surface area contributed by atoms with Crippen LogP contribution in [-0.2, 0) is 0 Å². The number of hydrogen-bond donors (Lipinski definition) is 0. The maximum atomic E-state index is 5.21. The Morgan fingerprint density at radius 2 is 0.520 bits per heavy atom. The number of rotatable bonds is 4. The van der Waals surface area contributed by atoms with Gasteiger partial charge < -0.3 is 0 Å². The van der Waals surface area contributed by atoms with Gasteiger partial charge in [-0.15, -0.1) is 0 Å². The SMILES string of the molecule is c1ccc(-c2ccc3ccc4ccc(-c5ccc6ccc(-c7ccc8ccc9ccc(-c%10ccccc%10)nc9c8n7)cc6c5)nc4c3n2)cc1. The normalized spacial score (nSPS) is 11.6. The van der Waals surface area contributed by atoms with Gasteiger partial charge in [0.25, 0.3) is 0 Å². The third-order valence-corrected chi connectivity index (χ3v) is 9.61. The second-order valence-electron chi connectivity index (χ2n) is 12.7. The van der Waals surface area contributed by atoms with E-state index in [0.29, 0.717) is 0 Å². The molecule has 6 aromatic carbocycles. The molecule has 0 N–H and O–H groups in total. The standard InChI is InChI=1S/C46H28N4/c1-3-7-30(8-4-1)39-23-19-32-13-15-34-21-25-41(49-45(34)43(32)47-39)36-17-11-29-12-18-37(28-38(29)27-36)42-26-22-35-16-14-33-20-24-40(31-9-5-2-6-10-31)48-44(33)46(35)50-42/h1-28H. The summed E-state index contributed by atoms with van der Waals surface area (Å²) in [5.74, 6) is 0. The molecule has 50 heavy (non-hydrogen) atoms. The number of benzene rings is 6. The lowest BCUT2D eigenvalue weighted by molar-refractivity contribution is 1.36. The van der Waals surface area contributed by atoms with Crippen molar-refractivity contribution in [3.8, 4) is 45.0 Å². The molecule has 0 fully saturated rings. The summed E-state index contributed by atoms with van der Waals surface area (Å²) >= 11 is 0. The Bertz CT molecular complexity index is 2720. The van der Waals surface area contributed by atoms with Gasteiger partial charge in [-0.1, -0.05) is 133 Å². The van der Waals surface area contributed by atoms with Crippen molar-refractivity contribution in [2.45, 2.75) is 0 Å². The van der Waals surface area contributed by atoms with E-state index in [9.17, 15) is 0 Å². The van der Waals surface area contributed by atoms with Gasteiger partial charge in [0.2, 0.25) is 0 Å². The second kappa shape index (κ2) is 11.4. The van der Waals surface area contributed by atoms with Crippen LogP contribution in [0.2, 0.25) is 0 Å². The summed E-state index contributed by atoms with van der Waals surface area (Å²) in [6.45, 7) is 0. The molecule has 0 atom stereocenters. The van der Waals surface area contributed by atoms with Crippen LogP contribution in [-0.4, -0.2) is 19.9 Å². The summed E-state index contributed by atoms with van der Waals surface area (Å²) in [6, 6.07) is 59.2. The number of nitrogens with zero attached hydrogens (tertiary/aromatic N) is 4. The molecule has 4 heterocycles. The molecule has 0 aliphatic heterocycles. The molecule has 0 aliphatic rings. The maximum Gasteiger partial charge on any atom is 0.0972 e. The van der Waals surface area contributed by atoms with Crippen molar-refractivity contribution in [2.24, 2.45) is 0 Å². The molecular formula is C46H28N4. The molecule has 0 amide bonds. The van der Waals surface area contributed by atoms with Crippen LogP contribution in [0.4, 0.5) is 0 Å². The van der Waals surface area contributed by atoms with Gasteiger partial charge in [0.15, 0.2) is 0 Å². The molecule has 10 rings (SSSR count). The highest BCUT2D eigenvalue weighted by molar-refractivity contribution is 6.05. The van der Waals surface area contributed by atoms with Gasteiger partial charge in [0, 0.05) is 43.8 Å². The topological polar surface area (TPSA) is 51.6 Å². The molecule has 0 saturated heterocycles. The van der Waals surface area contributed by atoms with Gasteiger partial charge in [-0.25, -0.2) is 19.9 Å². The zero-order chi connectivity index (χ0) is 33.0. The highest BCUT2D eigenvalue weighted by Crippen LogP contribution is 2.33. The monoisotopic (exact) mass is 636 g/mol. The molecule has 10 aromatic rings. The summed E-state index contributed by atoms with van der Waals surface area (Å²) < 4.78 is 0. The predicted octanol–water partition coefficient (Wildman–Crippen LogP) is 11.7. The minimum atomic E-state index is 0.906. The molecule has 0 aliphatic carbocycles. The van der Waals surface area contributed by atoms with E-state index in [1.807, 2.05) is 36.4 Å². The smallest absolute Gasteiger partial charge is 0.0972 e. The van der Waals surface area contributed by atoms with Crippen LogP contribution < -0.4 is 0 Å². The molecule has 4 nitrogen and oxygen atoms in total. The lowest BCUT2D eigenvalue weighted by atomic mass is 10.00. The number of fused-ring (bicyclic) bond motifs is 7. The van der Waals surface area contributed by atoms with E-state index in [1.54, 1.807) is 0 Å². The first-order valence-electron chi connectivity index (χ1n) is 16.8. The first-order chi connectivity index (χ1) is 24.7. The van der Waals surface area contributed by atoms with Crippen molar-refractivity contribution in [3.05, 3.63) is 170 Å². The molecule has 0 spiro atoms. The van der Waals surface area contributed by atoms with Crippen LogP contribution in [0.5, 0.6) is 0 Å². The Balaban J connectivity index is 1.06. The fourth-order valence-corrected chi connectivity index (χ4v) is 6.96. The first-order valence-corrected chi connectivity index (χ1v) is 16.8. The van der Waals surface area contributed by atoms with Gasteiger partial charge >= 0.3 is 0 Å².